The van der Waals surface area contributed by atoms with Crippen LogP contribution in [0.3, 0.4) is 0 Å². The summed E-state index contributed by atoms with van der Waals surface area (Å²) in [4.78, 5) is 13.2. The molecule has 124 valence electrons. The van der Waals surface area contributed by atoms with Crippen molar-refractivity contribution in [1.82, 2.24) is 0 Å². The number of halogens is 2. The van der Waals surface area contributed by atoms with Crippen LogP contribution in [0.25, 0.3) is 0 Å². The first-order chi connectivity index (χ1) is 11.0. The molecule has 2 rings (SSSR count). The number of carbonyl (C=O) groups excluding carboxylic acids is 1. The topological polar surface area (TPSA) is 47.6 Å². The molecule has 0 spiro atoms. The maximum Gasteiger partial charge on any atom is 0.234 e. The van der Waals surface area contributed by atoms with Gasteiger partial charge in [0.2, 0.25) is 5.91 Å². The summed E-state index contributed by atoms with van der Waals surface area (Å²) in [5.41, 5.74) is 0.526. The maximum absolute atomic E-state index is 12.1. The summed E-state index contributed by atoms with van der Waals surface area (Å²) in [5.74, 6) is 1.90. The molecule has 0 radical (unpaired) electrons. The smallest absolute Gasteiger partial charge is 0.234 e. The molecular formula is C15H15Cl2NO3S2. The summed E-state index contributed by atoms with van der Waals surface area (Å²) >= 11 is 14.9. The van der Waals surface area contributed by atoms with Crippen LogP contribution in [0.2, 0.25) is 9.36 Å². The highest BCUT2D eigenvalue weighted by Gasteiger charge is 2.12. The molecule has 0 aliphatic rings. The molecule has 0 unspecified atom stereocenters. The average molecular weight is 392 g/mol. The van der Waals surface area contributed by atoms with E-state index in [9.17, 15) is 4.79 Å². The summed E-state index contributed by atoms with van der Waals surface area (Å²) in [6.45, 7) is 0. The van der Waals surface area contributed by atoms with E-state index in [0.717, 1.165) is 15.0 Å². The summed E-state index contributed by atoms with van der Waals surface area (Å²) in [6.07, 6.45) is 0. The lowest BCUT2D eigenvalue weighted by Crippen LogP contribution is -2.15. The Hall–Kier alpha value is -1.08. The summed E-state index contributed by atoms with van der Waals surface area (Å²) in [6, 6.07) is 7.07. The van der Waals surface area contributed by atoms with Gasteiger partial charge >= 0.3 is 0 Å². The van der Waals surface area contributed by atoms with Crippen LogP contribution in [0.1, 0.15) is 4.88 Å². The first-order valence-electron chi connectivity index (χ1n) is 6.56. The predicted molar refractivity (Wildman–Crippen MR) is 98.7 cm³/mol. The van der Waals surface area contributed by atoms with Crippen LogP contribution in [0.15, 0.2) is 24.3 Å². The van der Waals surface area contributed by atoms with Gasteiger partial charge in [-0.15, -0.1) is 23.1 Å². The Kier molecular flexibility index (Phi) is 6.89. The first-order valence-corrected chi connectivity index (χ1v) is 9.29. The summed E-state index contributed by atoms with van der Waals surface area (Å²) < 4.78 is 11.1. The molecule has 1 heterocycles. The minimum Gasteiger partial charge on any atom is -0.495 e. The SMILES string of the molecule is COc1cc(NC(=O)CSCc2ccc(Cl)s2)c(OC)cc1Cl. The van der Waals surface area contributed by atoms with Gasteiger partial charge in [-0.1, -0.05) is 23.2 Å². The van der Waals surface area contributed by atoms with E-state index in [1.165, 1.54) is 37.3 Å². The van der Waals surface area contributed by atoms with Gasteiger partial charge in [0.05, 0.1) is 35.0 Å². The molecular weight excluding hydrogens is 377 g/mol. The second-order valence-corrected chi connectivity index (χ2v) is 7.63. The van der Waals surface area contributed by atoms with E-state index in [1.807, 2.05) is 12.1 Å². The molecule has 1 N–H and O–H groups in total. The van der Waals surface area contributed by atoms with Gasteiger partial charge in [0, 0.05) is 22.8 Å². The standard InChI is InChI=1S/C15H15Cl2NO3S2/c1-20-12-6-11(13(21-2)5-10(12)16)18-15(19)8-22-7-9-3-4-14(17)23-9/h3-6H,7-8H2,1-2H3,(H,18,19). The van der Waals surface area contributed by atoms with Crippen molar-refractivity contribution < 1.29 is 14.3 Å². The van der Waals surface area contributed by atoms with Crippen molar-refractivity contribution >= 4 is 57.9 Å². The normalized spacial score (nSPS) is 10.4. The molecule has 4 nitrogen and oxygen atoms in total. The van der Waals surface area contributed by atoms with Crippen LogP contribution in [0, 0.1) is 0 Å². The van der Waals surface area contributed by atoms with Gasteiger partial charge < -0.3 is 14.8 Å². The highest BCUT2D eigenvalue weighted by Crippen LogP contribution is 2.36. The molecule has 0 bridgehead atoms. The quantitative estimate of drug-likeness (QED) is 0.725. The van der Waals surface area contributed by atoms with E-state index in [0.29, 0.717) is 28.0 Å². The number of amides is 1. The molecule has 0 saturated carbocycles. The predicted octanol–water partition coefficient (Wildman–Crippen LogP) is 4.94. The van der Waals surface area contributed by atoms with Crippen LogP contribution >= 0.6 is 46.3 Å². The fourth-order valence-corrected chi connectivity index (χ4v) is 4.07. The minimum absolute atomic E-state index is 0.125. The van der Waals surface area contributed by atoms with Gasteiger partial charge in [-0.2, -0.15) is 0 Å². The lowest BCUT2D eigenvalue weighted by atomic mass is 10.2. The van der Waals surface area contributed by atoms with Crippen molar-refractivity contribution in [1.29, 1.82) is 0 Å². The Balaban J connectivity index is 1.94. The van der Waals surface area contributed by atoms with E-state index in [1.54, 1.807) is 12.1 Å². The first kappa shape index (κ1) is 18.3. The highest BCUT2D eigenvalue weighted by molar-refractivity contribution is 7.99. The number of anilines is 1. The lowest BCUT2D eigenvalue weighted by Gasteiger charge is -2.13. The number of carbonyl (C=O) groups is 1. The van der Waals surface area contributed by atoms with Crippen LogP contribution in [-0.4, -0.2) is 25.9 Å². The number of nitrogens with one attached hydrogen (secondary N) is 1. The molecule has 0 saturated heterocycles. The number of hydrogen-bond acceptors (Lipinski definition) is 5. The van der Waals surface area contributed by atoms with Crippen molar-refractivity contribution in [2.24, 2.45) is 0 Å². The Morgan fingerprint density at radius 1 is 1.22 bits per heavy atom. The summed E-state index contributed by atoms with van der Waals surface area (Å²) in [7, 11) is 3.03. The number of benzene rings is 1. The van der Waals surface area contributed by atoms with Crippen molar-refractivity contribution in [2.75, 3.05) is 25.3 Å². The van der Waals surface area contributed by atoms with Crippen LogP contribution < -0.4 is 14.8 Å². The Bertz CT molecular complexity index is 691. The molecule has 1 amide bonds. The van der Waals surface area contributed by atoms with Crippen LogP contribution in [0.4, 0.5) is 5.69 Å². The number of ether oxygens (including phenoxy) is 2. The number of thioether (sulfide) groups is 1. The second kappa shape index (κ2) is 8.68. The number of rotatable bonds is 7. The molecule has 8 heteroatoms. The maximum atomic E-state index is 12.1. The van der Waals surface area contributed by atoms with Gasteiger partial charge in [-0.25, -0.2) is 0 Å². The fourth-order valence-electron chi connectivity index (χ4n) is 1.82. The Morgan fingerprint density at radius 2 is 1.96 bits per heavy atom. The zero-order valence-corrected chi connectivity index (χ0v) is 15.7. The molecule has 0 atom stereocenters. The average Bonchev–Trinajstić information content (AvgIpc) is 2.94. The third kappa shape index (κ3) is 5.21. The van der Waals surface area contributed by atoms with Crippen molar-refractivity contribution in [3.8, 4) is 11.5 Å². The second-order valence-electron chi connectivity index (χ2n) is 4.43. The van der Waals surface area contributed by atoms with Crippen LogP contribution in [0.5, 0.6) is 11.5 Å². The molecule has 1 aromatic carbocycles. The van der Waals surface area contributed by atoms with Crippen LogP contribution in [-0.2, 0) is 10.5 Å². The van der Waals surface area contributed by atoms with Crippen molar-refractivity contribution in [2.45, 2.75) is 5.75 Å². The third-order valence-corrected chi connectivity index (χ3v) is 5.55. The fraction of sp³-hybridized carbons (Fsp3) is 0.267. The highest BCUT2D eigenvalue weighted by atomic mass is 35.5. The number of hydrogen-bond donors (Lipinski definition) is 1. The zero-order chi connectivity index (χ0) is 16.8. The molecule has 2 aromatic rings. The molecule has 23 heavy (non-hydrogen) atoms. The number of methoxy groups -OCH3 is 2. The molecule has 1 aromatic heterocycles. The lowest BCUT2D eigenvalue weighted by molar-refractivity contribution is -0.113. The monoisotopic (exact) mass is 391 g/mol. The molecule has 0 aliphatic carbocycles. The van der Waals surface area contributed by atoms with E-state index < -0.39 is 0 Å². The summed E-state index contributed by atoms with van der Waals surface area (Å²) in [5, 5.41) is 3.23. The van der Waals surface area contributed by atoms with Crippen molar-refractivity contribution in [3.63, 3.8) is 0 Å². The molecule has 0 aliphatic heterocycles. The van der Waals surface area contributed by atoms with Gasteiger partial charge in [0.25, 0.3) is 0 Å². The van der Waals surface area contributed by atoms with E-state index in [-0.39, 0.29) is 5.91 Å². The van der Waals surface area contributed by atoms with E-state index >= 15 is 0 Å². The van der Waals surface area contributed by atoms with Gasteiger partial charge in [0.15, 0.2) is 0 Å². The Labute approximate surface area is 153 Å². The largest absolute Gasteiger partial charge is 0.495 e. The van der Waals surface area contributed by atoms with Gasteiger partial charge in [-0.05, 0) is 12.1 Å². The number of thiophene rings is 1. The van der Waals surface area contributed by atoms with E-state index in [4.69, 9.17) is 32.7 Å². The van der Waals surface area contributed by atoms with Crippen molar-refractivity contribution in [3.05, 3.63) is 38.5 Å². The van der Waals surface area contributed by atoms with E-state index in [2.05, 4.69) is 5.32 Å². The Morgan fingerprint density at radius 3 is 2.57 bits per heavy atom. The molecule has 0 fully saturated rings. The minimum atomic E-state index is -0.125. The third-order valence-electron chi connectivity index (χ3n) is 2.85. The zero-order valence-electron chi connectivity index (χ0n) is 12.5. The van der Waals surface area contributed by atoms with Gasteiger partial charge in [-0.3, -0.25) is 4.79 Å². The van der Waals surface area contributed by atoms with Gasteiger partial charge in [0.1, 0.15) is 11.5 Å².